The minimum atomic E-state index is -5.17. The molecule has 0 aliphatic carbocycles. The first-order valence-corrected chi connectivity index (χ1v) is 22.0. The first-order valence-electron chi connectivity index (χ1n) is 22.0. The molecule has 3 saturated heterocycles. The number of piperazine rings is 1. The Hall–Kier alpha value is -6.17. The molecule has 9 rings (SSSR count). The van der Waals surface area contributed by atoms with Crippen molar-refractivity contribution in [2.45, 2.75) is 109 Å². The highest BCUT2D eigenvalue weighted by atomic mass is 19.4. The highest BCUT2D eigenvalue weighted by molar-refractivity contribution is 5.98. The summed E-state index contributed by atoms with van der Waals surface area (Å²) in [5.41, 5.74) is -3.57. The van der Waals surface area contributed by atoms with E-state index in [0.717, 1.165) is 13.0 Å². The second-order valence-corrected chi connectivity index (χ2v) is 18.4. The van der Waals surface area contributed by atoms with Gasteiger partial charge in [0, 0.05) is 31.7 Å². The van der Waals surface area contributed by atoms with Gasteiger partial charge in [0.15, 0.2) is 5.82 Å². The van der Waals surface area contributed by atoms with Gasteiger partial charge in [0.1, 0.15) is 51.4 Å². The minimum absolute atomic E-state index is 0.0399. The summed E-state index contributed by atoms with van der Waals surface area (Å²) in [5.74, 6) is -1.07. The average Bonchev–Trinajstić information content (AvgIpc) is 3.50. The monoisotopic (exact) mass is 917 g/mol. The Morgan fingerprint density at radius 1 is 0.894 bits per heavy atom. The smallest absolute Gasteiger partial charge is 0.417 e. The Balaban J connectivity index is 1.24. The van der Waals surface area contributed by atoms with Crippen molar-refractivity contribution in [1.29, 1.82) is 0 Å². The van der Waals surface area contributed by atoms with Crippen molar-refractivity contribution in [2.75, 3.05) is 48.6 Å². The molecule has 350 valence electrons. The van der Waals surface area contributed by atoms with Gasteiger partial charge in [-0.3, -0.25) is 4.90 Å². The van der Waals surface area contributed by atoms with Crippen LogP contribution in [0.15, 0.2) is 54.6 Å². The molecule has 3 fully saturated rings. The summed E-state index contributed by atoms with van der Waals surface area (Å²) in [5, 5.41) is 10.3. The van der Waals surface area contributed by atoms with Gasteiger partial charge in [0.2, 0.25) is 11.8 Å². The van der Waals surface area contributed by atoms with E-state index < -0.39 is 70.1 Å². The summed E-state index contributed by atoms with van der Waals surface area (Å²) in [6.45, 7) is 8.72. The SMILES string of the molecule is COc1ccc(CN(Cc2ccc(OC)cc2)c2cc(-c3nc4c5c(nc(N6CCC6CO)nc5c3F)N3CC5CCC(C3C(C)O4)N5C(=O)OC(C)(C)C)c(C(F)(F)F)c(C)c2F)cc1. The number of hydrogen-bond acceptors (Lipinski definition) is 12. The number of halogens is 5. The zero-order chi connectivity index (χ0) is 47.0. The third-order valence-corrected chi connectivity index (χ3v) is 13.1. The van der Waals surface area contributed by atoms with Crippen LogP contribution in [0.4, 0.5) is 44.2 Å². The third kappa shape index (κ3) is 8.00. The van der Waals surface area contributed by atoms with Crippen LogP contribution in [-0.4, -0.2) is 101 Å². The lowest BCUT2D eigenvalue weighted by Gasteiger charge is -2.48. The van der Waals surface area contributed by atoms with Crippen LogP contribution in [0.2, 0.25) is 0 Å². The number of methoxy groups -OCH3 is 2. The molecule has 0 spiro atoms. The molecule has 0 saturated carbocycles. The molecule has 1 amide bonds. The number of carbonyl (C=O) groups excluding carboxylic acids is 1. The van der Waals surface area contributed by atoms with Crippen molar-refractivity contribution in [3.8, 4) is 28.6 Å². The largest absolute Gasteiger partial charge is 0.497 e. The number of benzene rings is 3. The summed E-state index contributed by atoms with van der Waals surface area (Å²) in [6, 6.07) is 13.3. The number of pyridine rings is 1. The normalized spacial score (nSPS) is 21.2. The molecular weight excluding hydrogens is 866 g/mol. The number of anilines is 3. The van der Waals surface area contributed by atoms with Gasteiger partial charge in [0.05, 0.1) is 56.2 Å². The number of nitrogens with zero attached hydrogens (tertiary/aromatic N) is 7. The van der Waals surface area contributed by atoms with E-state index >= 15 is 22.0 Å². The van der Waals surface area contributed by atoms with Gasteiger partial charge in [0.25, 0.3) is 0 Å². The molecule has 0 radical (unpaired) electrons. The fourth-order valence-electron chi connectivity index (χ4n) is 9.91. The van der Waals surface area contributed by atoms with Crippen LogP contribution in [0.1, 0.15) is 69.2 Å². The second-order valence-electron chi connectivity index (χ2n) is 18.4. The first kappa shape index (κ1) is 45.0. The summed E-state index contributed by atoms with van der Waals surface area (Å²) in [6.07, 6.45) is -4.55. The van der Waals surface area contributed by atoms with Gasteiger partial charge < -0.3 is 38.8 Å². The van der Waals surface area contributed by atoms with E-state index in [2.05, 4.69) is 9.97 Å². The van der Waals surface area contributed by atoms with Gasteiger partial charge in [-0.2, -0.15) is 18.2 Å². The Morgan fingerprint density at radius 2 is 1.53 bits per heavy atom. The number of fused-ring (bicyclic) bond motifs is 5. The molecule has 5 atom stereocenters. The van der Waals surface area contributed by atoms with Crippen LogP contribution in [-0.2, 0) is 24.0 Å². The summed E-state index contributed by atoms with van der Waals surface area (Å²) < 4.78 is 104. The Kier molecular flexibility index (Phi) is 11.5. The summed E-state index contributed by atoms with van der Waals surface area (Å²) in [4.78, 5) is 35.0. The van der Waals surface area contributed by atoms with E-state index in [4.69, 9.17) is 23.9 Å². The van der Waals surface area contributed by atoms with Gasteiger partial charge in [-0.1, -0.05) is 24.3 Å². The van der Waals surface area contributed by atoms with Gasteiger partial charge in [-0.15, -0.1) is 0 Å². The number of alkyl halides is 3. The van der Waals surface area contributed by atoms with Gasteiger partial charge in [-0.05, 0) is 101 Å². The lowest BCUT2D eigenvalue weighted by atomic mass is 9.95. The fourth-order valence-corrected chi connectivity index (χ4v) is 9.91. The number of ether oxygens (including phenoxy) is 4. The Bertz CT molecular complexity index is 2610. The molecule has 2 aromatic heterocycles. The Labute approximate surface area is 379 Å². The highest BCUT2D eigenvalue weighted by Crippen LogP contribution is 2.50. The topological polar surface area (TPSA) is 126 Å². The maximum atomic E-state index is 17.9. The van der Waals surface area contributed by atoms with Crippen LogP contribution in [0, 0.1) is 18.6 Å². The molecule has 66 heavy (non-hydrogen) atoms. The number of amides is 1. The number of aliphatic hydroxyl groups is 1. The molecule has 1 N–H and O–H groups in total. The van der Waals surface area contributed by atoms with E-state index in [1.165, 1.54) is 14.2 Å². The first-order chi connectivity index (χ1) is 31.4. The molecular formula is C48H52F5N7O6. The highest BCUT2D eigenvalue weighted by Gasteiger charge is 2.54. The number of carbonyl (C=O) groups is 1. The molecule has 13 nitrogen and oxygen atoms in total. The van der Waals surface area contributed by atoms with Crippen LogP contribution in [0.5, 0.6) is 17.4 Å². The quantitative estimate of drug-likeness (QED) is 0.135. The minimum Gasteiger partial charge on any atom is -0.497 e. The second kappa shape index (κ2) is 16.9. The molecule has 5 unspecified atom stereocenters. The third-order valence-electron chi connectivity index (χ3n) is 13.1. The number of rotatable bonds is 10. The van der Waals surface area contributed by atoms with Crippen LogP contribution >= 0.6 is 0 Å². The maximum Gasteiger partial charge on any atom is 0.417 e. The zero-order valence-corrected chi connectivity index (χ0v) is 37.7. The predicted octanol–water partition coefficient (Wildman–Crippen LogP) is 8.83. The van der Waals surface area contributed by atoms with Crippen molar-refractivity contribution >= 4 is 34.4 Å². The van der Waals surface area contributed by atoms with Crippen molar-refractivity contribution in [3.05, 3.63) is 88.5 Å². The number of aromatic nitrogens is 3. The predicted molar refractivity (Wildman–Crippen MR) is 237 cm³/mol. The molecule has 3 aromatic carbocycles. The van der Waals surface area contributed by atoms with E-state index in [0.29, 0.717) is 48.4 Å². The molecule has 18 heteroatoms. The van der Waals surface area contributed by atoms with Crippen molar-refractivity contribution in [2.24, 2.45) is 0 Å². The lowest BCUT2D eigenvalue weighted by molar-refractivity contribution is -0.137. The molecule has 2 bridgehead atoms. The lowest BCUT2D eigenvalue weighted by Crippen LogP contribution is -2.65. The van der Waals surface area contributed by atoms with Crippen molar-refractivity contribution in [3.63, 3.8) is 0 Å². The average molecular weight is 918 g/mol. The maximum absolute atomic E-state index is 17.9. The van der Waals surface area contributed by atoms with E-state index in [1.54, 1.807) is 90.9 Å². The van der Waals surface area contributed by atoms with Gasteiger partial charge in [-0.25, -0.2) is 23.5 Å². The van der Waals surface area contributed by atoms with E-state index in [-0.39, 0.29) is 72.6 Å². The zero-order valence-electron chi connectivity index (χ0n) is 37.7. The number of hydrogen-bond donors (Lipinski definition) is 1. The summed E-state index contributed by atoms with van der Waals surface area (Å²) >= 11 is 0. The molecule has 4 aliphatic rings. The van der Waals surface area contributed by atoms with Crippen LogP contribution in [0.25, 0.3) is 22.2 Å². The van der Waals surface area contributed by atoms with Crippen LogP contribution < -0.4 is 28.9 Å². The van der Waals surface area contributed by atoms with Gasteiger partial charge >= 0.3 is 12.3 Å². The van der Waals surface area contributed by atoms with E-state index in [1.807, 2.05) is 4.90 Å². The molecule has 4 aliphatic heterocycles. The van der Waals surface area contributed by atoms with Crippen LogP contribution in [0.3, 0.4) is 0 Å². The fraction of sp³-hybridized carbons (Fsp3) is 0.458. The number of aliphatic hydroxyl groups excluding tert-OH is 1. The molecule has 6 heterocycles. The van der Waals surface area contributed by atoms with Crippen molar-refractivity contribution < 1.29 is 50.8 Å². The van der Waals surface area contributed by atoms with Crippen molar-refractivity contribution in [1.82, 2.24) is 19.9 Å². The Morgan fingerprint density at radius 3 is 2.08 bits per heavy atom. The standard InChI is InChI=1S/C48H52F5N7O6/c1-25-37(48(51,52)53)33(20-35(38(25)49)57(21-27-8-13-31(63-6)14-9-27)22-28-10-15-32(64-7)16-11-28)40-39(50)41-36-43(56-45(55-41)58-19-18-30(58)24-61)59-23-29-12-17-34(42(59)26(2)65-44(36)54-40)60(29)46(62)66-47(3,4)5/h8-11,13-16,20,26,29-30,34,42,61H,12,17-19,21-24H2,1-7H3. The summed E-state index contributed by atoms with van der Waals surface area (Å²) in [7, 11) is 3.04. The van der Waals surface area contributed by atoms with E-state index in [9.17, 15) is 9.90 Å². The molecule has 5 aromatic rings.